The van der Waals surface area contributed by atoms with Crippen LogP contribution in [-0.4, -0.2) is 20.3 Å². The molecule has 0 amide bonds. The number of hydrogen-bond donors (Lipinski definition) is 1. The molecular formula is C11H17BrClNO2. The molecule has 5 heteroatoms. The molecule has 0 fully saturated rings. The number of benzene rings is 1. The standard InChI is InChI=1S/C11H16BrNO2.ClH/c1-7(13)4-9-10(14-2)5-8(12)6-11(9)15-3;/h5-7H,4,13H2,1-3H3;1H. The second-order valence-electron chi connectivity index (χ2n) is 3.47. The zero-order valence-corrected chi connectivity index (χ0v) is 12.0. The van der Waals surface area contributed by atoms with Gasteiger partial charge in [-0.05, 0) is 25.5 Å². The first-order valence-electron chi connectivity index (χ1n) is 4.74. The molecule has 1 unspecified atom stereocenters. The molecule has 1 rings (SSSR count). The first-order chi connectivity index (χ1) is 7.08. The summed E-state index contributed by atoms with van der Waals surface area (Å²) in [5, 5.41) is 0. The Morgan fingerprint density at radius 2 is 1.69 bits per heavy atom. The summed E-state index contributed by atoms with van der Waals surface area (Å²) in [5.41, 5.74) is 6.80. The van der Waals surface area contributed by atoms with Gasteiger partial charge < -0.3 is 15.2 Å². The third kappa shape index (κ3) is 3.85. The van der Waals surface area contributed by atoms with Crippen LogP contribution in [0.4, 0.5) is 0 Å². The van der Waals surface area contributed by atoms with Gasteiger partial charge in [-0.25, -0.2) is 0 Å². The number of methoxy groups -OCH3 is 2. The minimum atomic E-state index is 0. The first kappa shape index (κ1) is 15.6. The lowest BCUT2D eigenvalue weighted by molar-refractivity contribution is 0.383. The van der Waals surface area contributed by atoms with Crippen molar-refractivity contribution in [2.75, 3.05) is 14.2 Å². The van der Waals surface area contributed by atoms with E-state index in [0.717, 1.165) is 28.0 Å². The van der Waals surface area contributed by atoms with E-state index in [4.69, 9.17) is 15.2 Å². The number of nitrogens with two attached hydrogens (primary N) is 1. The summed E-state index contributed by atoms with van der Waals surface area (Å²) < 4.78 is 11.5. The molecule has 0 saturated heterocycles. The van der Waals surface area contributed by atoms with Crippen LogP contribution in [0.25, 0.3) is 0 Å². The maximum atomic E-state index is 5.79. The SMILES string of the molecule is COc1cc(Br)cc(OC)c1CC(C)N.Cl. The second-order valence-corrected chi connectivity index (χ2v) is 4.39. The van der Waals surface area contributed by atoms with Crippen molar-refractivity contribution in [3.8, 4) is 11.5 Å². The van der Waals surface area contributed by atoms with Gasteiger partial charge in [0.1, 0.15) is 11.5 Å². The first-order valence-corrected chi connectivity index (χ1v) is 5.53. The molecule has 16 heavy (non-hydrogen) atoms. The molecule has 0 aliphatic carbocycles. The Balaban J connectivity index is 0.00000225. The molecule has 0 aromatic heterocycles. The van der Waals surface area contributed by atoms with Gasteiger partial charge in [-0.15, -0.1) is 12.4 Å². The van der Waals surface area contributed by atoms with E-state index in [1.807, 2.05) is 19.1 Å². The smallest absolute Gasteiger partial charge is 0.126 e. The molecule has 2 N–H and O–H groups in total. The summed E-state index contributed by atoms with van der Waals surface area (Å²) in [6.07, 6.45) is 0.736. The zero-order valence-electron chi connectivity index (χ0n) is 9.62. The van der Waals surface area contributed by atoms with Crippen LogP contribution in [0.2, 0.25) is 0 Å². The Bertz CT molecular complexity index is 320. The lowest BCUT2D eigenvalue weighted by Gasteiger charge is -2.15. The fourth-order valence-corrected chi connectivity index (χ4v) is 1.89. The van der Waals surface area contributed by atoms with E-state index in [2.05, 4.69) is 15.9 Å². The van der Waals surface area contributed by atoms with Gasteiger partial charge in [0, 0.05) is 16.1 Å². The minimum absolute atomic E-state index is 0. The summed E-state index contributed by atoms with van der Waals surface area (Å²) >= 11 is 3.40. The maximum Gasteiger partial charge on any atom is 0.126 e. The topological polar surface area (TPSA) is 44.5 Å². The summed E-state index contributed by atoms with van der Waals surface area (Å²) in [7, 11) is 3.29. The van der Waals surface area contributed by atoms with Crippen LogP contribution in [0.3, 0.4) is 0 Å². The van der Waals surface area contributed by atoms with Gasteiger partial charge in [-0.3, -0.25) is 0 Å². The molecule has 1 aromatic carbocycles. The molecule has 0 spiro atoms. The number of ether oxygens (including phenoxy) is 2. The number of halogens is 2. The van der Waals surface area contributed by atoms with Gasteiger partial charge in [0.25, 0.3) is 0 Å². The van der Waals surface area contributed by atoms with E-state index in [9.17, 15) is 0 Å². The second kappa shape index (κ2) is 6.99. The van der Waals surface area contributed by atoms with Crippen molar-refractivity contribution in [1.29, 1.82) is 0 Å². The molecule has 0 saturated carbocycles. The lowest BCUT2D eigenvalue weighted by atomic mass is 10.1. The van der Waals surface area contributed by atoms with Crippen LogP contribution >= 0.6 is 28.3 Å². The molecule has 0 radical (unpaired) electrons. The van der Waals surface area contributed by atoms with Crippen molar-refractivity contribution in [3.63, 3.8) is 0 Å². The van der Waals surface area contributed by atoms with Crippen molar-refractivity contribution in [2.24, 2.45) is 5.73 Å². The number of rotatable bonds is 4. The van der Waals surface area contributed by atoms with E-state index >= 15 is 0 Å². The molecular weight excluding hydrogens is 293 g/mol. The van der Waals surface area contributed by atoms with Crippen LogP contribution in [-0.2, 0) is 6.42 Å². The van der Waals surface area contributed by atoms with Crippen LogP contribution in [0.1, 0.15) is 12.5 Å². The Labute approximate surface area is 111 Å². The minimum Gasteiger partial charge on any atom is -0.496 e. The van der Waals surface area contributed by atoms with Gasteiger partial charge in [0.2, 0.25) is 0 Å². The normalized spacial score (nSPS) is 11.6. The number of hydrogen-bond acceptors (Lipinski definition) is 3. The average molecular weight is 311 g/mol. The van der Waals surface area contributed by atoms with E-state index in [-0.39, 0.29) is 18.4 Å². The van der Waals surface area contributed by atoms with E-state index in [0.29, 0.717) is 0 Å². The van der Waals surface area contributed by atoms with E-state index in [1.165, 1.54) is 0 Å². The monoisotopic (exact) mass is 309 g/mol. The molecule has 0 heterocycles. The molecule has 1 aromatic rings. The predicted molar refractivity (Wildman–Crippen MR) is 71.8 cm³/mol. The molecule has 1 atom stereocenters. The summed E-state index contributed by atoms with van der Waals surface area (Å²) in [6.45, 7) is 1.96. The average Bonchev–Trinajstić information content (AvgIpc) is 2.19. The molecule has 92 valence electrons. The quantitative estimate of drug-likeness (QED) is 0.930. The molecule has 0 aliphatic rings. The molecule has 3 nitrogen and oxygen atoms in total. The Morgan fingerprint density at radius 3 is 2.00 bits per heavy atom. The third-order valence-electron chi connectivity index (χ3n) is 2.10. The Kier molecular flexibility index (Phi) is 6.79. The van der Waals surface area contributed by atoms with Crippen molar-refractivity contribution in [3.05, 3.63) is 22.2 Å². The summed E-state index contributed by atoms with van der Waals surface area (Å²) in [4.78, 5) is 0. The van der Waals surface area contributed by atoms with Gasteiger partial charge in [-0.1, -0.05) is 15.9 Å². The predicted octanol–water partition coefficient (Wildman–Crippen LogP) is 2.78. The highest BCUT2D eigenvalue weighted by atomic mass is 79.9. The zero-order chi connectivity index (χ0) is 11.4. The fourth-order valence-electron chi connectivity index (χ4n) is 1.48. The van der Waals surface area contributed by atoms with Crippen LogP contribution < -0.4 is 15.2 Å². The fraction of sp³-hybridized carbons (Fsp3) is 0.455. The Hall–Kier alpha value is -0.450. The van der Waals surface area contributed by atoms with Crippen molar-refractivity contribution in [2.45, 2.75) is 19.4 Å². The maximum absolute atomic E-state index is 5.79. The highest BCUT2D eigenvalue weighted by Gasteiger charge is 2.13. The van der Waals surface area contributed by atoms with Gasteiger partial charge >= 0.3 is 0 Å². The lowest BCUT2D eigenvalue weighted by Crippen LogP contribution is -2.18. The third-order valence-corrected chi connectivity index (χ3v) is 2.56. The van der Waals surface area contributed by atoms with Gasteiger partial charge in [0.05, 0.1) is 14.2 Å². The summed E-state index contributed by atoms with van der Waals surface area (Å²) in [6, 6.07) is 3.91. The molecule has 0 bridgehead atoms. The van der Waals surface area contributed by atoms with Gasteiger partial charge in [-0.2, -0.15) is 0 Å². The van der Waals surface area contributed by atoms with Crippen molar-refractivity contribution in [1.82, 2.24) is 0 Å². The van der Waals surface area contributed by atoms with Crippen molar-refractivity contribution < 1.29 is 9.47 Å². The van der Waals surface area contributed by atoms with Crippen LogP contribution in [0, 0.1) is 0 Å². The van der Waals surface area contributed by atoms with Crippen LogP contribution in [0.15, 0.2) is 16.6 Å². The van der Waals surface area contributed by atoms with E-state index in [1.54, 1.807) is 14.2 Å². The highest BCUT2D eigenvalue weighted by Crippen LogP contribution is 2.33. The van der Waals surface area contributed by atoms with Crippen LogP contribution in [0.5, 0.6) is 11.5 Å². The molecule has 0 aliphatic heterocycles. The highest BCUT2D eigenvalue weighted by molar-refractivity contribution is 9.10. The largest absolute Gasteiger partial charge is 0.496 e. The van der Waals surface area contributed by atoms with Crippen molar-refractivity contribution >= 4 is 28.3 Å². The summed E-state index contributed by atoms with van der Waals surface area (Å²) in [5.74, 6) is 1.61. The van der Waals surface area contributed by atoms with E-state index < -0.39 is 0 Å². The van der Waals surface area contributed by atoms with Gasteiger partial charge in [0.15, 0.2) is 0 Å². The Morgan fingerprint density at radius 1 is 1.25 bits per heavy atom.